The molecule has 104 valence electrons. The van der Waals surface area contributed by atoms with Gasteiger partial charge in [0.05, 0.1) is 9.48 Å². The Morgan fingerprint density at radius 2 is 2.05 bits per heavy atom. The van der Waals surface area contributed by atoms with Crippen LogP contribution in [0.1, 0.15) is 36.9 Å². The molecule has 0 bridgehead atoms. The zero-order valence-electron chi connectivity index (χ0n) is 11.8. The summed E-state index contributed by atoms with van der Waals surface area (Å²) < 4.78 is 3.08. The van der Waals surface area contributed by atoms with E-state index in [0.29, 0.717) is 0 Å². The molecule has 0 fully saturated rings. The van der Waals surface area contributed by atoms with E-state index < -0.39 is 0 Å². The van der Waals surface area contributed by atoms with Crippen molar-refractivity contribution in [3.63, 3.8) is 0 Å². The lowest BCUT2D eigenvalue weighted by Crippen LogP contribution is -2.18. The lowest BCUT2D eigenvalue weighted by molar-refractivity contribution is 0.543. The first kappa shape index (κ1) is 14.8. The van der Waals surface area contributed by atoms with Crippen LogP contribution in [0.4, 0.5) is 0 Å². The van der Waals surface area contributed by atoms with Crippen molar-refractivity contribution in [2.75, 3.05) is 0 Å². The maximum absolute atomic E-state index is 4.58. The van der Waals surface area contributed by atoms with Crippen molar-refractivity contribution in [3.8, 4) is 0 Å². The lowest BCUT2D eigenvalue weighted by Gasteiger charge is -2.17. The molecule has 0 spiro atoms. The molecule has 0 aliphatic heterocycles. The van der Waals surface area contributed by atoms with E-state index in [2.05, 4.69) is 65.4 Å². The molecule has 19 heavy (non-hydrogen) atoms. The zero-order chi connectivity index (χ0) is 14.0. The van der Waals surface area contributed by atoms with Crippen LogP contribution < -0.4 is 5.32 Å². The highest BCUT2D eigenvalue weighted by Gasteiger charge is 2.21. The second kappa shape index (κ2) is 5.77. The summed E-state index contributed by atoms with van der Waals surface area (Å²) in [7, 11) is 1.98. The van der Waals surface area contributed by atoms with Crippen LogP contribution in [0.2, 0.25) is 0 Å². The summed E-state index contributed by atoms with van der Waals surface area (Å²) in [4.78, 5) is 1.34. The number of halogens is 1. The predicted octanol–water partition coefficient (Wildman–Crippen LogP) is 3.83. The normalized spacial score (nSPS) is 12.1. The van der Waals surface area contributed by atoms with Crippen LogP contribution in [0, 0.1) is 0 Å². The van der Waals surface area contributed by atoms with Crippen LogP contribution in [0.3, 0.4) is 0 Å². The topological polar surface area (TPSA) is 29.9 Å². The average Bonchev–Trinajstić information content (AvgIpc) is 2.85. The van der Waals surface area contributed by atoms with Gasteiger partial charge in [-0.05, 0) is 28.1 Å². The van der Waals surface area contributed by atoms with E-state index in [1.165, 1.54) is 19.9 Å². The van der Waals surface area contributed by atoms with Crippen LogP contribution in [-0.2, 0) is 25.6 Å². The van der Waals surface area contributed by atoms with Gasteiger partial charge in [-0.2, -0.15) is 5.10 Å². The SMILES string of the molecule is Cn1cc(CNCc2ccc(Br)s2)c(C(C)(C)C)n1. The molecule has 0 unspecified atom stereocenters. The Bertz CT molecular complexity index is 551. The minimum absolute atomic E-state index is 0.0875. The molecule has 2 aromatic heterocycles. The highest BCUT2D eigenvalue weighted by Crippen LogP contribution is 2.25. The Hall–Kier alpha value is -0.650. The number of hydrogen-bond acceptors (Lipinski definition) is 3. The summed E-state index contributed by atoms with van der Waals surface area (Å²) in [5.74, 6) is 0. The Morgan fingerprint density at radius 1 is 1.32 bits per heavy atom. The largest absolute Gasteiger partial charge is 0.308 e. The zero-order valence-corrected chi connectivity index (χ0v) is 14.2. The third kappa shape index (κ3) is 3.91. The molecule has 0 aliphatic carbocycles. The van der Waals surface area contributed by atoms with E-state index in [0.717, 1.165) is 13.1 Å². The standard InChI is InChI=1S/C14H20BrN3S/c1-14(2,3)13-10(9-18(4)17-13)7-16-8-11-5-6-12(15)19-11/h5-6,9,16H,7-8H2,1-4H3. The van der Waals surface area contributed by atoms with Crippen molar-refractivity contribution in [2.24, 2.45) is 7.05 Å². The molecule has 5 heteroatoms. The van der Waals surface area contributed by atoms with Crippen LogP contribution in [0.5, 0.6) is 0 Å². The smallest absolute Gasteiger partial charge is 0.0722 e. The fourth-order valence-electron chi connectivity index (χ4n) is 2.07. The molecule has 2 aromatic rings. The maximum atomic E-state index is 4.58. The summed E-state index contributed by atoms with van der Waals surface area (Å²) in [5, 5.41) is 8.08. The van der Waals surface area contributed by atoms with Gasteiger partial charge in [0.15, 0.2) is 0 Å². The molecule has 0 aliphatic rings. The summed E-state index contributed by atoms with van der Waals surface area (Å²) in [6.45, 7) is 8.37. The number of aryl methyl sites for hydroxylation is 1. The van der Waals surface area contributed by atoms with Crippen molar-refractivity contribution < 1.29 is 0 Å². The minimum atomic E-state index is 0.0875. The third-order valence-electron chi connectivity index (χ3n) is 2.86. The summed E-state index contributed by atoms with van der Waals surface area (Å²) in [5.41, 5.74) is 2.55. The minimum Gasteiger partial charge on any atom is -0.308 e. The van der Waals surface area contributed by atoms with Crippen molar-refractivity contribution >= 4 is 27.3 Å². The molecule has 0 aromatic carbocycles. The van der Waals surface area contributed by atoms with Crippen molar-refractivity contribution in [2.45, 2.75) is 39.3 Å². The van der Waals surface area contributed by atoms with Crippen molar-refractivity contribution in [1.29, 1.82) is 0 Å². The quantitative estimate of drug-likeness (QED) is 0.915. The molecular formula is C14H20BrN3S. The van der Waals surface area contributed by atoms with Gasteiger partial charge in [-0.25, -0.2) is 0 Å². The van der Waals surface area contributed by atoms with Crippen molar-refractivity contribution in [1.82, 2.24) is 15.1 Å². The van der Waals surface area contributed by atoms with Gasteiger partial charge in [-0.15, -0.1) is 11.3 Å². The number of aromatic nitrogens is 2. The van der Waals surface area contributed by atoms with Gasteiger partial charge in [0.25, 0.3) is 0 Å². The highest BCUT2D eigenvalue weighted by atomic mass is 79.9. The monoisotopic (exact) mass is 341 g/mol. The first-order chi connectivity index (χ1) is 8.86. The van der Waals surface area contributed by atoms with Gasteiger partial charge >= 0.3 is 0 Å². The molecule has 0 radical (unpaired) electrons. The lowest BCUT2D eigenvalue weighted by atomic mass is 9.89. The Kier molecular flexibility index (Phi) is 4.48. The highest BCUT2D eigenvalue weighted by molar-refractivity contribution is 9.11. The summed E-state index contributed by atoms with van der Waals surface area (Å²) >= 11 is 5.26. The van der Waals surface area contributed by atoms with Gasteiger partial charge in [-0.1, -0.05) is 20.8 Å². The second-order valence-corrected chi connectivity index (χ2v) is 8.28. The number of rotatable bonds is 4. The fraction of sp³-hybridized carbons (Fsp3) is 0.500. The Labute approximate surface area is 127 Å². The van der Waals surface area contributed by atoms with E-state index in [-0.39, 0.29) is 5.41 Å². The average molecular weight is 342 g/mol. The van der Waals surface area contributed by atoms with Gasteiger partial charge in [0, 0.05) is 42.2 Å². The maximum Gasteiger partial charge on any atom is 0.0722 e. The number of hydrogen-bond donors (Lipinski definition) is 1. The van der Waals surface area contributed by atoms with Crippen LogP contribution in [0.15, 0.2) is 22.1 Å². The Morgan fingerprint density at radius 3 is 2.63 bits per heavy atom. The molecule has 2 heterocycles. The summed E-state index contributed by atoms with van der Waals surface area (Å²) in [6.07, 6.45) is 2.11. The van der Waals surface area contributed by atoms with E-state index >= 15 is 0 Å². The van der Waals surface area contributed by atoms with E-state index in [1.807, 2.05) is 11.7 Å². The molecule has 2 rings (SSSR count). The van der Waals surface area contributed by atoms with Crippen LogP contribution in [-0.4, -0.2) is 9.78 Å². The molecule has 1 N–H and O–H groups in total. The van der Waals surface area contributed by atoms with Crippen molar-refractivity contribution in [3.05, 3.63) is 38.3 Å². The Balaban J connectivity index is 2.00. The summed E-state index contributed by atoms with van der Waals surface area (Å²) in [6, 6.07) is 4.24. The van der Waals surface area contributed by atoms with Gasteiger partial charge in [0.2, 0.25) is 0 Å². The van der Waals surface area contributed by atoms with Crippen LogP contribution >= 0.6 is 27.3 Å². The second-order valence-electron chi connectivity index (χ2n) is 5.74. The molecule has 0 saturated heterocycles. The molecule has 0 atom stereocenters. The molecule has 3 nitrogen and oxygen atoms in total. The van der Waals surface area contributed by atoms with Crippen LogP contribution in [0.25, 0.3) is 0 Å². The first-order valence-electron chi connectivity index (χ1n) is 6.34. The third-order valence-corrected chi connectivity index (χ3v) is 4.48. The number of nitrogens with one attached hydrogen (secondary N) is 1. The molecule has 0 saturated carbocycles. The number of nitrogens with zero attached hydrogens (tertiary/aromatic N) is 2. The number of thiophene rings is 1. The van der Waals surface area contributed by atoms with E-state index in [9.17, 15) is 0 Å². The van der Waals surface area contributed by atoms with Gasteiger partial charge < -0.3 is 5.32 Å². The first-order valence-corrected chi connectivity index (χ1v) is 7.95. The molecular weight excluding hydrogens is 322 g/mol. The predicted molar refractivity (Wildman–Crippen MR) is 84.5 cm³/mol. The molecule has 0 amide bonds. The van der Waals surface area contributed by atoms with Gasteiger partial charge in [-0.3, -0.25) is 4.68 Å². The van der Waals surface area contributed by atoms with E-state index in [1.54, 1.807) is 11.3 Å². The van der Waals surface area contributed by atoms with Gasteiger partial charge in [0.1, 0.15) is 0 Å². The fourth-order valence-corrected chi connectivity index (χ4v) is 3.52. The van der Waals surface area contributed by atoms with E-state index in [4.69, 9.17) is 0 Å².